The SMILES string of the molecule is CCCc1cccc(-c2c(S(N)(=O)=O)ccc(OC)c2OC)n1. The summed E-state index contributed by atoms with van der Waals surface area (Å²) in [5.74, 6) is 0.706. The van der Waals surface area contributed by atoms with E-state index in [4.69, 9.17) is 14.6 Å². The number of methoxy groups -OCH3 is 2. The van der Waals surface area contributed by atoms with Crippen LogP contribution in [0.2, 0.25) is 0 Å². The Bertz CT molecular complexity index is 804. The van der Waals surface area contributed by atoms with Crippen molar-refractivity contribution >= 4 is 10.0 Å². The van der Waals surface area contributed by atoms with E-state index in [1.54, 1.807) is 6.07 Å². The van der Waals surface area contributed by atoms with Gasteiger partial charge in [-0.1, -0.05) is 19.4 Å². The van der Waals surface area contributed by atoms with Crippen molar-refractivity contribution in [3.63, 3.8) is 0 Å². The highest BCUT2D eigenvalue weighted by Crippen LogP contribution is 2.41. The van der Waals surface area contributed by atoms with Gasteiger partial charge in [0.1, 0.15) is 0 Å². The molecule has 0 aliphatic heterocycles. The molecule has 0 aliphatic carbocycles. The van der Waals surface area contributed by atoms with Crippen LogP contribution in [0.4, 0.5) is 0 Å². The number of hydrogen-bond acceptors (Lipinski definition) is 5. The molecule has 0 amide bonds. The molecule has 0 aliphatic rings. The maximum atomic E-state index is 12.0. The average molecular weight is 336 g/mol. The maximum absolute atomic E-state index is 12.0. The molecule has 2 rings (SSSR count). The summed E-state index contributed by atoms with van der Waals surface area (Å²) >= 11 is 0. The van der Waals surface area contributed by atoms with Gasteiger partial charge in [0.15, 0.2) is 11.5 Å². The highest BCUT2D eigenvalue weighted by atomic mass is 32.2. The van der Waals surface area contributed by atoms with Crippen LogP contribution in [0, 0.1) is 0 Å². The van der Waals surface area contributed by atoms with E-state index in [1.807, 2.05) is 12.1 Å². The average Bonchev–Trinajstić information content (AvgIpc) is 2.53. The molecular formula is C16H20N2O4S. The standard InChI is InChI=1S/C16H20N2O4S/c1-4-6-11-7-5-8-12(18-11)15-14(23(17,19)20)10-9-13(21-2)16(15)22-3/h5,7-10H,4,6H2,1-3H3,(H2,17,19,20). The lowest BCUT2D eigenvalue weighted by atomic mass is 10.1. The van der Waals surface area contributed by atoms with E-state index in [1.165, 1.54) is 26.4 Å². The Labute approximate surface area is 136 Å². The fourth-order valence-corrected chi connectivity index (χ4v) is 3.14. The van der Waals surface area contributed by atoms with Crippen molar-refractivity contribution in [2.24, 2.45) is 5.14 Å². The molecule has 23 heavy (non-hydrogen) atoms. The van der Waals surface area contributed by atoms with Crippen molar-refractivity contribution in [1.29, 1.82) is 0 Å². The third-order valence-electron chi connectivity index (χ3n) is 3.38. The third kappa shape index (κ3) is 3.62. The second-order valence-corrected chi connectivity index (χ2v) is 6.51. The molecule has 0 bridgehead atoms. The molecule has 0 saturated heterocycles. The zero-order valence-corrected chi connectivity index (χ0v) is 14.2. The molecule has 0 unspecified atom stereocenters. The van der Waals surface area contributed by atoms with E-state index in [2.05, 4.69) is 11.9 Å². The highest BCUT2D eigenvalue weighted by molar-refractivity contribution is 7.89. The Hall–Kier alpha value is -2.12. The summed E-state index contributed by atoms with van der Waals surface area (Å²) in [6.07, 6.45) is 1.73. The summed E-state index contributed by atoms with van der Waals surface area (Å²) in [6, 6.07) is 8.37. The molecule has 0 fully saturated rings. The first-order valence-electron chi connectivity index (χ1n) is 7.16. The van der Waals surface area contributed by atoms with E-state index in [9.17, 15) is 8.42 Å². The monoisotopic (exact) mass is 336 g/mol. The number of nitrogens with zero attached hydrogens (tertiary/aromatic N) is 1. The Kier molecular flexibility index (Phi) is 5.23. The first kappa shape index (κ1) is 17.2. The van der Waals surface area contributed by atoms with Crippen LogP contribution in [-0.2, 0) is 16.4 Å². The third-order valence-corrected chi connectivity index (χ3v) is 4.34. The van der Waals surface area contributed by atoms with Crippen molar-refractivity contribution in [3.8, 4) is 22.8 Å². The van der Waals surface area contributed by atoms with Gasteiger partial charge < -0.3 is 9.47 Å². The fraction of sp³-hybridized carbons (Fsp3) is 0.312. The summed E-state index contributed by atoms with van der Waals surface area (Å²) in [5.41, 5.74) is 1.67. The summed E-state index contributed by atoms with van der Waals surface area (Å²) in [7, 11) is -1.01. The van der Waals surface area contributed by atoms with Crippen LogP contribution in [0.5, 0.6) is 11.5 Å². The molecular weight excluding hydrogens is 316 g/mol. The van der Waals surface area contributed by atoms with E-state index >= 15 is 0 Å². The summed E-state index contributed by atoms with van der Waals surface area (Å²) in [4.78, 5) is 4.49. The number of primary sulfonamides is 1. The van der Waals surface area contributed by atoms with Gasteiger partial charge in [-0.3, -0.25) is 4.98 Å². The molecule has 1 aromatic heterocycles. The zero-order valence-electron chi connectivity index (χ0n) is 13.4. The molecule has 0 radical (unpaired) electrons. The Morgan fingerprint density at radius 2 is 1.87 bits per heavy atom. The van der Waals surface area contributed by atoms with Gasteiger partial charge in [0.25, 0.3) is 0 Å². The number of aryl methyl sites for hydroxylation is 1. The lowest BCUT2D eigenvalue weighted by molar-refractivity contribution is 0.355. The molecule has 1 aromatic carbocycles. The van der Waals surface area contributed by atoms with Gasteiger partial charge >= 0.3 is 0 Å². The Morgan fingerprint density at radius 3 is 2.43 bits per heavy atom. The van der Waals surface area contributed by atoms with E-state index < -0.39 is 10.0 Å². The van der Waals surface area contributed by atoms with Crippen molar-refractivity contribution in [2.75, 3.05) is 14.2 Å². The van der Waals surface area contributed by atoms with Crippen molar-refractivity contribution in [3.05, 3.63) is 36.0 Å². The second-order valence-electron chi connectivity index (χ2n) is 4.98. The number of rotatable bonds is 6. The minimum Gasteiger partial charge on any atom is -0.493 e. The minimum atomic E-state index is -3.94. The largest absolute Gasteiger partial charge is 0.493 e. The van der Waals surface area contributed by atoms with Crippen LogP contribution < -0.4 is 14.6 Å². The van der Waals surface area contributed by atoms with Crippen LogP contribution >= 0.6 is 0 Å². The van der Waals surface area contributed by atoms with Gasteiger partial charge in [-0.05, 0) is 30.7 Å². The van der Waals surface area contributed by atoms with Crippen LogP contribution in [-0.4, -0.2) is 27.6 Å². The summed E-state index contributed by atoms with van der Waals surface area (Å²) in [6.45, 7) is 2.05. The maximum Gasteiger partial charge on any atom is 0.238 e. The molecule has 6 nitrogen and oxygen atoms in total. The number of sulfonamides is 1. The smallest absolute Gasteiger partial charge is 0.238 e. The van der Waals surface area contributed by atoms with Crippen molar-refractivity contribution < 1.29 is 17.9 Å². The van der Waals surface area contributed by atoms with E-state index in [-0.39, 0.29) is 4.90 Å². The molecule has 124 valence electrons. The molecule has 0 spiro atoms. The lowest BCUT2D eigenvalue weighted by Gasteiger charge is -2.16. The van der Waals surface area contributed by atoms with Crippen LogP contribution in [0.15, 0.2) is 35.2 Å². The number of hydrogen-bond donors (Lipinski definition) is 1. The minimum absolute atomic E-state index is 0.0451. The van der Waals surface area contributed by atoms with Gasteiger partial charge in [0.2, 0.25) is 10.0 Å². The lowest BCUT2D eigenvalue weighted by Crippen LogP contribution is -2.14. The van der Waals surface area contributed by atoms with Gasteiger partial charge in [-0.25, -0.2) is 13.6 Å². The summed E-state index contributed by atoms with van der Waals surface area (Å²) in [5, 5.41) is 5.35. The molecule has 7 heteroatoms. The normalized spacial score (nSPS) is 11.3. The molecule has 1 heterocycles. The van der Waals surface area contributed by atoms with Crippen LogP contribution in [0.25, 0.3) is 11.3 Å². The predicted octanol–water partition coefficient (Wildman–Crippen LogP) is 2.37. The van der Waals surface area contributed by atoms with Gasteiger partial charge in [-0.2, -0.15) is 0 Å². The molecule has 0 atom stereocenters. The second kappa shape index (κ2) is 6.97. The van der Waals surface area contributed by atoms with E-state index in [0.29, 0.717) is 22.8 Å². The van der Waals surface area contributed by atoms with Crippen LogP contribution in [0.3, 0.4) is 0 Å². The van der Waals surface area contributed by atoms with Gasteiger partial charge in [0.05, 0.1) is 30.4 Å². The number of pyridine rings is 1. The number of benzene rings is 1. The zero-order chi connectivity index (χ0) is 17.0. The fourth-order valence-electron chi connectivity index (χ4n) is 2.40. The quantitative estimate of drug-likeness (QED) is 0.874. The summed E-state index contributed by atoms with van der Waals surface area (Å²) < 4.78 is 34.5. The van der Waals surface area contributed by atoms with Crippen LogP contribution in [0.1, 0.15) is 19.0 Å². The van der Waals surface area contributed by atoms with E-state index in [0.717, 1.165) is 18.5 Å². The number of ether oxygens (including phenoxy) is 2. The Morgan fingerprint density at radius 1 is 1.13 bits per heavy atom. The number of aromatic nitrogens is 1. The first-order chi connectivity index (χ1) is 10.9. The van der Waals surface area contributed by atoms with Crippen molar-refractivity contribution in [2.45, 2.75) is 24.7 Å². The molecule has 2 N–H and O–H groups in total. The topological polar surface area (TPSA) is 91.5 Å². The predicted molar refractivity (Wildman–Crippen MR) is 88.1 cm³/mol. The highest BCUT2D eigenvalue weighted by Gasteiger charge is 2.24. The Balaban J connectivity index is 2.79. The van der Waals surface area contributed by atoms with Crippen molar-refractivity contribution in [1.82, 2.24) is 4.98 Å². The molecule has 0 saturated carbocycles. The van der Waals surface area contributed by atoms with Gasteiger partial charge in [-0.15, -0.1) is 0 Å². The molecule has 2 aromatic rings. The number of nitrogens with two attached hydrogens (primary N) is 1. The first-order valence-corrected chi connectivity index (χ1v) is 8.71. The van der Waals surface area contributed by atoms with Gasteiger partial charge in [0, 0.05) is 5.69 Å².